The van der Waals surface area contributed by atoms with E-state index in [1.807, 2.05) is 35.2 Å². The molecule has 0 fully saturated rings. The summed E-state index contributed by atoms with van der Waals surface area (Å²) in [6, 6.07) is 14.5. The standard InChI is InChI=1S/C21H22N4OS2/c1-13-7-6-9-17(15(13)3)22-20-23-24-21(28-20)27-12-19(26)25-14(2)11-16-8-4-5-10-18(16)25/h4-10,14H,11-12H2,1-3H3,(H,22,23). The van der Waals surface area contributed by atoms with Crippen molar-refractivity contribution < 1.29 is 4.79 Å². The molecule has 0 radical (unpaired) electrons. The third-order valence-electron chi connectivity index (χ3n) is 5.05. The Hall–Kier alpha value is -2.38. The van der Waals surface area contributed by atoms with Crippen molar-refractivity contribution in [3.05, 3.63) is 59.2 Å². The molecule has 0 saturated heterocycles. The quantitative estimate of drug-likeness (QED) is 0.602. The number of carbonyl (C=O) groups is 1. The van der Waals surface area contributed by atoms with Crippen LogP contribution in [0.15, 0.2) is 46.8 Å². The summed E-state index contributed by atoms with van der Waals surface area (Å²) in [7, 11) is 0. The first-order valence-corrected chi connectivity index (χ1v) is 11.0. The normalized spacial score (nSPS) is 15.5. The van der Waals surface area contributed by atoms with Gasteiger partial charge in [-0.25, -0.2) is 0 Å². The smallest absolute Gasteiger partial charge is 0.237 e. The van der Waals surface area contributed by atoms with Gasteiger partial charge in [-0.1, -0.05) is 53.4 Å². The van der Waals surface area contributed by atoms with Gasteiger partial charge in [0, 0.05) is 17.4 Å². The number of aryl methyl sites for hydroxylation is 1. The lowest BCUT2D eigenvalue weighted by Crippen LogP contribution is -2.36. The minimum atomic E-state index is 0.113. The summed E-state index contributed by atoms with van der Waals surface area (Å²) < 4.78 is 0.793. The third-order valence-corrected chi connectivity index (χ3v) is 7.00. The van der Waals surface area contributed by atoms with Gasteiger partial charge in [0.1, 0.15) is 0 Å². The van der Waals surface area contributed by atoms with Gasteiger partial charge in [0.05, 0.1) is 5.75 Å². The Morgan fingerprint density at radius 2 is 2.04 bits per heavy atom. The number of rotatable bonds is 5. The Balaban J connectivity index is 1.40. The molecular weight excluding hydrogens is 388 g/mol. The van der Waals surface area contributed by atoms with Gasteiger partial charge < -0.3 is 10.2 Å². The topological polar surface area (TPSA) is 58.1 Å². The molecule has 1 aliphatic heterocycles. The first kappa shape index (κ1) is 19.0. The van der Waals surface area contributed by atoms with Gasteiger partial charge in [0.2, 0.25) is 11.0 Å². The molecule has 0 bridgehead atoms. The average molecular weight is 411 g/mol. The number of anilines is 3. The molecule has 28 heavy (non-hydrogen) atoms. The molecule has 3 aromatic rings. The van der Waals surface area contributed by atoms with Crippen molar-refractivity contribution in [2.45, 2.75) is 37.6 Å². The highest BCUT2D eigenvalue weighted by Gasteiger charge is 2.30. The number of nitrogens with zero attached hydrogens (tertiary/aromatic N) is 3. The highest BCUT2D eigenvalue weighted by molar-refractivity contribution is 8.01. The SMILES string of the molecule is Cc1cccc(Nc2nnc(SCC(=O)N3c4ccccc4CC3C)s2)c1C. The van der Waals surface area contributed by atoms with Crippen LogP contribution < -0.4 is 10.2 Å². The van der Waals surface area contributed by atoms with Crippen LogP contribution in [0.2, 0.25) is 0 Å². The first-order chi connectivity index (χ1) is 13.5. The van der Waals surface area contributed by atoms with Gasteiger partial charge in [0.25, 0.3) is 0 Å². The monoisotopic (exact) mass is 410 g/mol. The van der Waals surface area contributed by atoms with E-state index in [2.05, 4.69) is 48.4 Å². The van der Waals surface area contributed by atoms with Crippen molar-refractivity contribution in [2.75, 3.05) is 16.0 Å². The summed E-state index contributed by atoms with van der Waals surface area (Å²) in [5, 5.41) is 12.5. The number of carbonyl (C=O) groups excluding carboxylic acids is 1. The maximum Gasteiger partial charge on any atom is 0.237 e. The van der Waals surface area contributed by atoms with Gasteiger partial charge in [0.15, 0.2) is 4.34 Å². The zero-order valence-electron chi connectivity index (χ0n) is 16.1. The molecule has 5 nitrogen and oxygen atoms in total. The molecule has 2 aromatic carbocycles. The fraction of sp³-hybridized carbons (Fsp3) is 0.286. The predicted octanol–water partition coefficient (Wildman–Crippen LogP) is 4.97. The van der Waals surface area contributed by atoms with Crippen molar-refractivity contribution in [3.63, 3.8) is 0 Å². The number of hydrogen-bond acceptors (Lipinski definition) is 6. The molecule has 1 aliphatic rings. The van der Waals surface area contributed by atoms with Gasteiger partial charge in [-0.15, -0.1) is 10.2 Å². The van der Waals surface area contributed by atoms with Crippen LogP contribution in [0.1, 0.15) is 23.6 Å². The maximum atomic E-state index is 12.8. The average Bonchev–Trinajstić information content (AvgIpc) is 3.26. The van der Waals surface area contributed by atoms with E-state index in [1.54, 1.807) is 0 Å². The molecule has 4 rings (SSSR count). The fourth-order valence-electron chi connectivity index (χ4n) is 3.46. The van der Waals surface area contributed by atoms with Crippen LogP contribution in [-0.4, -0.2) is 27.9 Å². The molecule has 7 heteroatoms. The third kappa shape index (κ3) is 3.77. The van der Waals surface area contributed by atoms with E-state index in [9.17, 15) is 4.79 Å². The minimum absolute atomic E-state index is 0.113. The number of nitrogens with one attached hydrogen (secondary N) is 1. The number of fused-ring (bicyclic) bond motifs is 1. The molecule has 0 spiro atoms. The van der Waals surface area contributed by atoms with Crippen molar-refractivity contribution in [1.82, 2.24) is 10.2 Å². The number of aromatic nitrogens is 2. The Morgan fingerprint density at radius 3 is 2.89 bits per heavy atom. The number of amides is 1. The van der Waals surface area contributed by atoms with E-state index in [-0.39, 0.29) is 11.9 Å². The van der Waals surface area contributed by atoms with Crippen molar-refractivity contribution in [2.24, 2.45) is 0 Å². The zero-order valence-corrected chi connectivity index (χ0v) is 17.7. The van der Waals surface area contributed by atoms with Crippen LogP contribution in [0.3, 0.4) is 0 Å². The van der Waals surface area contributed by atoms with Crippen LogP contribution in [0.25, 0.3) is 0 Å². The maximum absolute atomic E-state index is 12.8. The summed E-state index contributed by atoms with van der Waals surface area (Å²) in [4.78, 5) is 14.7. The number of hydrogen-bond donors (Lipinski definition) is 1. The first-order valence-electron chi connectivity index (χ1n) is 9.22. The van der Waals surface area contributed by atoms with Gasteiger partial charge in [-0.05, 0) is 56.0 Å². The Kier molecular flexibility index (Phi) is 5.37. The Bertz CT molecular complexity index is 1020. The van der Waals surface area contributed by atoms with E-state index in [0.717, 1.165) is 27.3 Å². The molecule has 144 valence electrons. The highest BCUT2D eigenvalue weighted by atomic mass is 32.2. The molecule has 1 aromatic heterocycles. The molecule has 2 heterocycles. The Morgan fingerprint density at radius 1 is 1.21 bits per heavy atom. The number of benzene rings is 2. The fourth-order valence-corrected chi connectivity index (χ4v) is 5.08. The second-order valence-electron chi connectivity index (χ2n) is 6.98. The molecule has 1 amide bonds. The van der Waals surface area contributed by atoms with Crippen LogP contribution in [0.5, 0.6) is 0 Å². The van der Waals surface area contributed by atoms with Crippen molar-refractivity contribution in [3.8, 4) is 0 Å². The summed E-state index contributed by atoms with van der Waals surface area (Å²) in [5.41, 5.74) is 5.74. The van der Waals surface area contributed by atoms with Crippen LogP contribution in [0.4, 0.5) is 16.5 Å². The molecule has 1 N–H and O–H groups in total. The summed E-state index contributed by atoms with van der Waals surface area (Å²) in [6.07, 6.45) is 0.912. The molecule has 0 saturated carbocycles. The summed E-state index contributed by atoms with van der Waals surface area (Å²) >= 11 is 2.92. The second-order valence-corrected chi connectivity index (χ2v) is 9.18. The zero-order chi connectivity index (χ0) is 19.7. The second kappa shape index (κ2) is 7.93. The van der Waals surface area contributed by atoms with Gasteiger partial charge in [-0.3, -0.25) is 4.79 Å². The number of para-hydroxylation sites is 1. The van der Waals surface area contributed by atoms with E-state index in [4.69, 9.17) is 0 Å². The van der Waals surface area contributed by atoms with Crippen LogP contribution >= 0.6 is 23.1 Å². The van der Waals surface area contributed by atoms with Gasteiger partial charge >= 0.3 is 0 Å². The summed E-state index contributed by atoms with van der Waals surface area (Å²) in [6.45, 7) is 6.27. The van der Waals surface area contributed by atoms with Crippen LogP contribution in [-0.2, 0) is 11.2 Å². The lowest BCUT2D eigenvalue weighted by atomic mass is 10.1. The molecular formula is C21H22N4OS2. The van der Waals surface area contributed by atoms with E-state index >= 15 is 0 Å². The van der Waals surface area contributed by atoms with E-state index in [0.29, 0.717) is 5.75 Å². The lowest BCUT2D eigenvalue weighted by Gasteiger charge is -2.22. The van der Waals surface area contributed by atoms with E-state index in [1.165, 1.54) is 39.8 Å². The van der Waals surface area contributed by atoms with Crippen LogP contribution in [0, 0.1) is 13.8 Å². The highest BCUT2D eigenvalue weighted by Crippen LogP contribution is 2.34. The largest absolute Gasteiger partial charge is 0.330 e. The van der Waals surface area contributed by atoms with Crippen molar-refractivity contribution in [1.29, 1.82) is 0 Å². The lowest BCUT2D eigenvalue weighted by molar-refractivity contribution is -0.116. The van der Waals surface area contributed by atoms with E-state index < -0.39 is 0 Å². The van der Waals surface area contributed by atoms with Crippen molar-refractivity contribution >= 4 is 45.5 Å². The Labute approximate surface area is 173 Å². The predicted molar refractivity (Wildman–Crippen MR) is 117 cm³/mol. The molecule has 0 aliphatic carbocycles. The van der Waals surface area contributed by atoms with Gasteiger partial charge in [-0.2, -0.15) is 0 Å². The molecule has 1 unspecified atom stereocenters. The molecule has 1 atom stereocenters. The number of thioether (sulfide) groups is 1. The minimum Gasteiger partial charge on any atom is -0.330 e. The summed E-state index contributed by atoms with van der Waals surface area (Å²) in [5.74, 6) is 0.471.